The predicted octanol–water partition coefficient (Wildman–Crippen LogP) is 1.73. The average Bonchev–Trinajstić information content (AvgIpc) is 2.43. The van der Waals surface area contributed by atoms with Crippen LogP contribution in [0.2, 0.25) is 0 Å². The van der Waals surface area contributed by atoms with Crippen LogP contribution in [-0.4, -0.2) is 23.4 Å². The number of aromatic nitrogens is 2. The van der Waals surface area contributed by atoms with Crippen LogP contribution in [0.15, 0.2) is 41.3 Å². The van der Waals surface area contributed by atoms with Crippen LogP contribution in [-0.2, 0) is 6.54 Å². The van der Waals surface area contributed by atoms with Gasteiger partial charge in [-0.2, -0.15) is 5.10 Å². The second-order valence-electron chi connectivity index (χ2n) is 4.12. The van der Waals surface area contributed by atoms with Gasteiger partial charge in [-0.3, -0.25) is 4.79 Å². The summed E-state index contributed by atoms with van der Waals surface area (Å²) in [4.78, 5) is 11.9. The molecule has 2 rings (SSSR count). The lowest BCUT2D eigenvalue weighted by molar-refractivity contribution is 0.414. The number of hydrogen-bond acceptors (Lipinski definition) is 4. The van der Waals surface area contributed by atoms with Crippen LogP contribution >= 0.6 is 0 Å². The maximum Gasteiger partial charge on any atom is 0.269 e. The minimum atomic E-state index is -0.116. The molecule has 0 amide bonds. The van der Waals surface area contributed by atoms with Crippen LogP contribution in [0.25, 0.3) is 0 Å². The predicted molar refractivity (Wildman–Crippen MR) is 74.8 cm³/mol. The van der Waals surface area contributed by atoms with Gasteiger partial charge in [-0.25, -0.2) is 4.68 Å². The summed E-state index contributed by atoms with van der Waals surface area (Å²) in [7, 11) is 1.63. The Bertz CT molecular complexity index is 590. The van der Waals surface area contributed by atoms with E-state index in [0.29, 0.717) is 6.54 Å². The normalized spacial score (nSPS) is 10.2. The highest BCUT2D eigenvalue weighted by Crippen LogP contribution is 2.11. The molecule has 1 N–H and O–H groups in total. The van der Waals surface area contributed by atoms with Crippen molar-refractivity contribution in [2.75, 3.05) is 19.0 Å². The molecule has 19 heavy (non-hydrogen) atoms. The van der Waals surface area contributed by atoms with Crippen LogP contribution in [0.4, 0.5) is 5.69 Å². The highest BCUT2D eigenvalue weighted by molar-refractivity contribution is 5.38. The average molecular weight is 259 g/mol. The van der Waals surface area contributed by atoms with Crippen LogP contribution in [0.5, 0.6) is 5.75 Å². The number of nitrogens with one attached hydrogen (secondary N) is 1. The molecule has 2 aromatic rings. The first-order valence-electron chi connectivity index (χ1n) is 6.17. The highest BCUT2D eigenvalue weighted by Gasteiger charge is 2.01. The van der Waals surface area contributed by atoms with Gasteiger partial charge in [0.2, 0.25) is 0 Å². The molecule has 0 spiro atoms. The fraction of sp³-hybridized carbons (Fsp3) is 0.286. The molecule has 0 saturated carbocycles. The molecule has 0 aliphatic heterocycles. The topological polar surface area (TPSA) is 56.1 Å². The van der Waals surface area contributed by atoms with E-state index >= 15 is 0 Å². The van der Waals surface area contributed by atoms with Crippen molar-refractivity contribution in [2.24, 2.45) is 0 Å². The number of benzene rings is 1. The zero-order valence-electron chi connectivity index (χ0n) is 11.1. The standard InChI is InChI=1S/C14H17N3O2/c1-3-15-12-8-14(18)17(16-9-12)10-11-4-6-13(19-2)7-5-11/h4-9,15H,3,10H2,1-2H3. The number of rotatable bonds is 5. The molecular weight excluding hydrogens is 242 g/mol. The second-order valence-corrected chi connectivity index (χ2v) is 4.12. The fourth-order valence-corrected chi connectivity index (χ4v) is 1.76. The van der Waals surface area contributed by atoms with E-state index in [9.17, 15) is 4.79 Å². The molecule has 0 bridgehead atoms. The summed E-state index contributed by atoms with van der Waals surface area (Å²) in [5.74, 6) is 0.798. The maximum atomic E-state index is 11.9. The van der Waals surface area contributed by atoms with Gasteiger partial charge in [0, 0.05) is 12.6 Å². The maximum absolute atomic E-state index is 11.9. The third-order valence-electron chi connectivity index (χ3n) is 2.74. The molecular formula is C14H17N3O2. The Labute approximate surface area is 111 Å². The van der Waals surface area contributed by atoms with Crippen molar-refractivity contribution >= 4 is 5.69 Å². The number of ether oxygens (including phenoxy) is 1. The Hall–Kier alpha value is -2.30. The van der Waals surface area contributed by atoms with Crippen LogP contribution < -0.4 is 15.6 Å². The van der Waals surface area contributed by atoms with Gasteiger partial charge in [-0.15, -0.1) is 0 Å². The van der Waals surface area contributed by atoms with Gasteiger partial charge < -0.3 is 10.1 Å². The lowest BCUT2D eigenvalue weighted by Gasteiger charge is -2.07. The summed E-state index contributed by atoms with van der Waals surface area (Å²) >= 11 is 0. The summed E-state index contributed by atoms with van der Waals surface area (Å²) in [6.45, 7) is 3.20. The molecule has 0 unspecified atom stereocenters. The van der Waals surface area contributed by atoms with E-state index in [2.05, 4.69) is 10.4 Å². The minimum absolute atomic E-state index is 0.116. The molecule has 1 heterocycles. The molecule has 5 nitrogen and oxygen atoms in total. The van der Waals surface area contributed by atoms with Crippen LogP contribution in [0.1, 0.15) is 12.5 Å². The van der Waals surface area contributed by atoms with Crippen molar-refractivity contribution in [2.45, 2.75) is 13.5 Å². The minimum Gasteiger partial charge on any atom is -0.497 e. The smallest absolute Gasteiger partial charge is 0.269 e. The first-order chi connectivity index (χ1) is 9.22. The summed E-state index contributed by atoms with van der Waals surface area (Å²) < 4.78 is 6.53. The first-order valence-corrected chi connectivity index (χ1v) is 6.17. The van der Waals surface area contributed by atoms with Gasteiger partial charge in [0.25, 0.3) is 5.56 Å². The van der Waals surface area contributed by atoms with Gasteiger partial charge >= 0.3 is 0 Å². The summed E-state index contributed by atoms with van der Waals surface area (Å²) in [6, 6.07) is 9.14. The molecule has 0 saturated heterocycles. The first kappa shape index (κ1) is 13.1. The molecule has 0 fully saturated rings. The van der Waals surface area contributed by atoms with Crippen molar-refractivity contribution in [3.8, 4) is 5.75 Å². The van der Waals surface area contributed by atoms with Gasteiger partial charge in [0.1, 0.15) is 5.75 Å². The van der Waals surface area contributed by atoms with E-state index in [1.165, 1.54) is 4.68 Å². The van der Waals surface area contributed by atoms with Crippen LogP contribution in [0.3, 0.4) is 0 Å². The molecule has 5 heteroatoms. The third-order valence-corrected chi connectivity index (χ3v) is 2.74. The SMILES string of the molecule is CCNc1cnn(Cc2ccc(OC)cc2)c(=O)c1. The third kappa shape index (κ3) is 3.34. The summed E-state index contributed by atoms with van der Waals surface area (Å²) in [5, 5.41) is 7.21. The fourth-order valence-electron chi connectivity index (χ4n) is 1.76. The lowest BCUT2D eigenvalue weighted by Crippen LogP contribution is -2.23. The van der Waals surface area contributed by atoms with Gasteiger partial charge in [0.05, 0.1) is 25.5 Å². The second kappa shape index (κ2) is 6.04. The van der Waals surface area contributed by atoms with Crippen molar-refractivity contribution < 1.29 is 4.74 Å². The molecule has 100 valence electrons. The molecule has 0 atom stereocenters. The van der Waals surface area contributed by atoms with Gasteiger partial charge in [-0.05, 0) is 24.6 Å². The molecule has 1 aromatic carbocycles. The van der Waals surface area contributed by atoms with Crippen molar-refractivity contribution in [3.05, 3.63) is 52.4 Å². The van der Waals surface area contributed by atoms with E-state index in [4.69, 9.17) is 4.74 Å². The van der Waals surface area contributed by atoms with E-state index in [1.807, 2.05) is 31.2 Å². The summed E-state index contributed by atoms with van der Waals surface area (Å²) in [6.07, 6.45) is 1.66. The molecule has 0 aliphatic carbocycles. The summed E-state index contributed by atoms with van der Waals surface area (Å²) in [5.41, 5.74) is 1.64. The molecule has 0 aliphatic rings. The number of hydrogen-bond donors (Lipinski definition) is 1. The van der Waals surface area contributed by atoms with E-state index in [0.717, 1.165) is 23.5 Å². The number of anilines is 1. The Kier molecular flexibility index (Phi) is 4.18. The Morgan fingerprint density at radius 3 is 2.63 bits per heavy atom. The van der Waals surface area contributed by atoms with Crippen molar-refractivity contribution in [1.29, 1.82) is 0 Å². The van der Waals surface area contributed by atoms with Gasteiger partial charge in [-0.1, -0.05) is 12.1 Å². The van der Waals surface area contributed by atoms with E-state index < -0.39 is 0 Å². The lowest BCUT2D eigenvalue weighted by atomic mass is 10.2. The van der Waals surface area contributed by atoms with E-state index in [1.54, 1.807) is 19.4 Å². The quantitative estimate of drug-likeness (QED) is 0.888. The molecule has 1 aromatic heterocycles. The van der Waals surface area contributed by atoms with Crippen molar-refractivity contribution in [3.63, 3.8) is 0 Å². The Morgan fingerprint density at radius 2 is 2.05 bits per heavy atom. The highest BCUT2D eigenvalue weighted by atomic mass is 16.5. The Balaban J connectivity index is 2.16. The number of nitrogens with zero attached hydrogens (tertiary/aromatic N) is 2. The van der Waals surface area contributed by atoms with Gasteiger partial charge in [0.15, 0.2) is 0 Å². The largest absolute Gasteiger partial charge is 0.497 e. The van der Waals surface area contributed by atoms with Crippen LogP contribution in [0, 0.1) is 0 Å². The number of methoxy groups -OCH3 is 1. The van der Waals surface area contributed by atoms with E-state index in [-0.39, 0.29) is 5.56 Å². The zero-order valence-corrected chi connectivity index (χ0v) is 11.1. The zero-order chi connectivity index (χ0) is 13.7. The Morgan fingerprint density at radius 1 is 1.32 bits per heavy atom. The van der Waals surface area contributed by atoms with Crippen molar-refractivity contribution in [1.82, 2.24) is 9.78 Å². The monoisotopic (exact) mass is 259 g/mol. The molecule has 0 radical (unpaired) electrons.